The van der Waals surface area contributed by atoms with Crippen molar-refractivity contribution in [2.24, 2.45) is 0 Å². The average molecular weight is 334 g/mol. The first-order chi connectivity index (χ1) is 8.61. The van der Waals surface area contributed by atoms with Crippen molar-refractivity contribution in [3.63, 3.8) is 0 Å². The highest BCUT2D eigenvalue weighted by Crippen LogP contribution is 2.19. The lowest BCUT2D eigenvalue weighted by atomic mass is 10.2. The molecule has 2 N–H and O–H groups in total. The Morgan fingerprint density at radius 3 is 2.58 bits per heavy atom. The predicted molar refractivity (Wildman–Crippen MR) is 71.0 cm³/mol. The number of aromatic carboxylic acids is 1. The number of nitrogens with one attached hydrogen (secondary N) is 1. The molecule has 19 heavy (non-hydrogen) atoms. The summed E-state index contributed by atoms with van der Waals surface area (Å²) in [4.78, 5) is 22.7. The number of halogens is 1. The summed E-state index contributed by atoms with van der Waals surface area (Å²) in [5.74, 6) is -1.14. The Morgan fingerprint density at radius 1 is 1.53 bits per heavy atom. The average Bonchev–Trinajstić information content (AvgIpc) is 2.56. The van der Waals surface area contributed by atoms with Crippen LogP contribution in [-0.4, -0.2) is 32.6 Å². The third-order valence-electron chi connectivity index (χ3n) is 2.05. The number of carbonyl (C=O) groups is 2. The van der Waals surface area contributed by atoms with Gasteiger partial charge in [0.15, 0.2) is 5.69 Å². The molecule has 0 fully saturated rings. The zero-order valence-electron chi connectivity index (χ0n) is 11.1. The van der Waals surface area contributed by atoms with E-state index in [1.54, 1.807) is 27.7 Å². The number of carbonyl (C=O) groups excluding carboxylic acids is 1. The highest BCUT2D eigenvalue weighted by atomic mass is 79.9. The van der Waals surface area contributed by atoms with E-state index in [0.717, 1.165) is 0 Å². The van der Waals surface area contributed by atoms with Gasteiger partial charge in [-0.15, -0.1) is 0 Å². The SMILES string of the molecule is C[C@@H](NC(=O)OC(C)(C)C)n1ncc(Br)c1C(=O)O. The minimum atomic E-state index is -1.14. The molecule has 0 bridgehead atoms. The number of ether oxygens (including phenoxy) is 1. The molecule has 7 nitrogen and oxygen atoms in total. The van der Waals surface area contributed by atoms with Gasteiger partial charge in [0, 0.05) is 0 Å². The molecule has 0 spiro atoms. The predicted octanol–water partition coefficient (Wildman–Crippen LogP) is 2.39. The molecule has 0 aliphatic heterocycles. The van der Waals surface area contributed by atoms with Gasteiger partial charge in [0.25, 0.3) is 0 Å². The quantitative estimate of drug-likeness (QED) is 0.885. The second kappa shape index (κ2) is 5.60. The minimum Gasteiger partial charge on any atom is -0.476 e. The Kier molecular flexibility index (Phi) is 4.56. The zero-order chi connectivity index (χ0) is 14.8. The number of nitrogens with zero attached hydrogens (tertiary/aromatic N) is 2. The fraction of sp³-hybridized carbons (Fsp3) is 0.545. The van der Waals surface area contributed by atoms with Gasteiger partial charge in [-0.2, -0.15) is 5.10 Å². The summed E-state index contributed by atoms with van der Waals surface area (Å²) < 4.78 is 6.62. The first-order valence-electron chi connectivity index (χ1n) is 5.57. The van der Waals surface area contributed by atoms with Crippen molar-refractivity contribution in [2.75, 3.05) is 0 Å². The fourth-order valence-corrected chi connectivity index (χ4v) is 1.82. The maximum absolute atomic E-state index is 11.6. The summed E-state index contributed by atoms with van der Waals surface area (Å²) >= 11 is 3.09. The van der Waals surface area contributed by atoms with Crippen molar-refractivity contribution in [3.8, 4) is 0 Å². The van der Waals surface area contributed by atoms with Crippen LogP contribution in [0.2, 0.25) is 0 Å². The lowest BCUT2D eigenvalue weighted by Gasteiger charge is -2.22. The van der Waals surface area contributed by atoms with Crippen LogP contribution in [0.5, 0.6) is 0 Å². The van der Waals surface area contributed by atoms with Gasteiger partial charge in [-0.25, -0.2) is 14.3 Å². The second-order valence-electron chi connectivity index (χ2n) is 4.91. The molecular weight excluding hydrogens is 318 g/mol. The molecular formula is C11H16BrN3O4. The second-order valence-corrected chi connectivity index (χ2v) is 5.77. The molecule has 8 heteroatoms. The lowest BCUT2D eigenvalue weighted by molar-refractivity contribution is 0.0475. The molecule has 0 saturated carbocycles. The number of alkyl carbamates (subject to hydrolysis) is 1. The molecule has 0 aliphatic carbocycles. The normalized spacial score (nSPS) is 12.9. The van der Waals surface area contributed by atoms with Crippen molar-refractivity contribution in [1.29, 1.82) is 0 Å². The van der Waals surface area contributed by atoms with E-state index in [2.05, 4.69) is 26.3 Å². The van der Waals surface area contributed by atoms with Crippen LogP contribution in [0, 0.1) is 0 Å². The molecule has 1 amide bonds. The zero-order valence-corrected chi connectivity index (χ0v) is 12.7. The molecule has 1 rings (SSSR count). The molecule has 0 saturated heterocycles. The van der Waals surface area contributed by atoms with Gasteiger partial charge in [0.05, 0.1) is 10.7 Å². The first kappa shape index (κ1) is 15.5. The standard InChI is InChI=1S/C11H16BrN3O4/c1-6(14-10(18)19-11(2,3)4)15-8(9(16)17)7(12)5-13-15/h5-6H,1-4H3,(H,14,18)(H,16,17)/t6-/m0/s1. The fourth-order valence-electron chi connectivity index (χ4n) is 1.37. The number of aromatic nitrogens is 2. The summed E-state index contributed by atoms with van der Waals surface area (Å²) in [6.07, 6.45) is 0.0757. The molecule has 0 aliphatic rings. The Bertz CT molecular complexity index is 493. The molecule has 1 heterocycles. The highest BCUT2D eigenvalue weighted by Gasteiger charge is 2.23. The van der Waals surface area contributed by atoms with Crippen molar-refractivity contribution < 1.29 is 19.4 Å². The molecule has 0 aromatic carbocycles. The first-order valence-corrected chi connectivity index (χ1v) is 6.37. The van der Waals surface area contributed by atoms with E-state index in [1.165, 1.54) is 10.9 Å². The summed E-state index contributed by atoms with van der Waals surface area (Å²) in [6.45, 7) is 6.83. The van der Waals surface area contributed by atoms with Crippen LogP contribution < -0.4 is 5.32 Å². The van der Waals surface area contributed by atoms with Gasteiger partial charge in [-0.1, -0.05) is 0 Å². The van der Waals surface area contributed by atoms with Crippen molar-refractivity contribution in [2.45, 2.75) is 39.5 Å². The van der Waals surface area contributed by atoms with Gasteiger partial charge in [0.2, 0.25) is 0 Å². The third-order valence-corrected chi connectivity index (χ3v) is 2.63. The molecule has 1 aromatic rings. The highest BCUT2D eigenvalue weighted by molar-refractivity contribution is 9.10. The summed E-state index contributed by atoms with van der Waals surface area (Å²) in [7, 11) is 0. The third kappa shape index (κ3) is 4.23. The topological polar surface area (TPSA) is 93.5 Å². The van der Waals surface area contributed by atoms with Crippen LogP contribution in [0.1, 0.15) is 44.3 Å². The largest absolute Gasteiger partial charge is 0.476 e. The number of rotatable bonds is 3. The van der Waals surface area contributed by atoms with E-state index in [1.807, 2.05) is 0 Å². The summed E-state index contributed by atoms with van der Waals surface area (Å²) in [5, 5.41) is 15.5. The number of carboxylic acids is 1. The Morgan fingerprint density at radius 2 is 2.11 bits per heavy atom. The van der Waals surface area contributed by atoms with Crippen LogP contribution in [0.4, 0.5) is 4.79 Å². The van der Waals surface area contributed by atoms with Crippen molar-refractivity contribution in [3.05, 3.63) is 16.4 Å². The molecule has 1 atom stereocenters. The van der Waals surface area contributed by atoms with E-state index in [0.29, 0.717) is 4.47 Å². The number of carboxylic acid groups (broad SMARTS) is 1. The maximum Gasteiger partial charge on any atom is 0.409 e. The van der Waals surface area contributed by atoms with Crippen LogP contribution >= 0.6 is 15.9 Å². The number of amides is 1. The van der Waals surface area contributed by atoms with Gasteiger partial charge < -0.3 is 9.84 Å². The minimum absolute atomic E-state index is 0.0384. The maximum atomic E-state index is 11.6. The summed E-state index contributed by atoms with van der Waals surface area (Å²) in [5.41, 5.74) is -0.659. The summed E-state index contributed by atoms with van der Waals surface area (Å²) in [6, 6.07) is 0. The Labute approximate surface area is 119 Å². The van der Waals surface area contributed by atoms with Crippen molar-refractivity contribution in [1.82, 2.24) is 15.1 Å². The molecule has 106 valence electrons. The van der Waals surface area contributed by atoms with Gasteiger partial charge >= 0.3 is 12.1 Å². The molecule has 0 unspecified atom stereocenters. The molecule has 1 aromatic heterocycles. The monoisotopic (exact) mass is 333 g/mol. The lowest BCUT2D eigenvalue weighted by Crippen LogP contribution is -2.37. The van der Waals surface area contributed by atoms with Gasteiger partial charge in [-0.05, 0) is 43.6 Å². The van der Waals surface area contributed by atoms with E-state index >= 15 is 0 Å². The van der Waals surface area contributed by atoms with Crippen LogP contribution in [0.3, 0.4) is 0 Å². The smallest absolute Gasteiger partial charge is 0.409 e. The van der Waals surface area contributed by atoms with Crippen molar-refractivity contribution >= 4 is 28.0 Å². The van der Waals surface area contributed by atoms with Crippen LogP contribution in [0.15, 0.2) is 10.7 Å². The van der Waals surface area contributed by atoms with E-state index < -0.39 is 23.8 Å². The number of hydrogen-bond donors (Lipinski definition) is 2. The van der Waals surface area contributed by atoms with E-state index in [4.69, 9.17) is 9.84 Å². The van der Waals surface area contributed by atoms with Gasteiger partial charge in [0.1, 0.15) is 11.8 Å². The van der Waals surface area contributed by atoms with E-state index in [-0.39, 0.29) is 5.69 Å². The Hall–Kier alpha value is -1.57. The Balaban J connectivity index is 2.82. The van der Waals surface area contributed by atoms with Crippen LogP contribution in [-0.2, 0) is 4.74 Å². The van der Waals surface area contributed by atoms with E-state index in [9.17, 15) is 9.59 Å². The van der Waals surface area contributed by atoms with Crippen LogP contribution in [0.25, 0.3) is 0 Å². The number of hydrogen-bond acceptors (Lipinski definition) is 4. The van der Waals surface area contributed by atoms with Gasteiger partial charge in [-0.3, -0.25) is 5.32 Å². The molecule has 0 radical (unpaired) electrons.